The minimum Gasteiger partial charge on any atom is -0.379 e. The fourth-order valence-corrected chi connectivity index (χ4v) is 1.60. The first-order valence-corrected chi connectivity index (χ1v) is 5.22. The third-order valence-electron chi connectivity index (χ3n) is 1.87. The summed E-state index contributed by atoms with van der Waals surface area (Å²) in [5.41, 5.74) is 2.47. The van der Waals surface area contributed by atoms with E-state index >= 15 is 0 Å². The van der Waals surface area contributed by atoms with Gasteiger partial charge in [0.05, 0.1) is 23.9 Å². The standard InChI is InChI=1S/C10H8N4S/c11-5-8-2-1-3-9(4-8)12-6-10-7-15-14-13-10/h1-4,7,12H,6H2. The Morgan fingerprint density at radius 3 is 3.13 bits per heavy atom. The fraction of sp³-hybridized carbons (Fsp3) is 0.100. The molecule has 0 amide bonds. The normalized spacial score (nSPS) is 9.53. The highest BCUT2D eigenvalue weighted by atomic mass is 32.1. The maximum atomic E-state index is 8.72. The van der Waals surface area contributed by atoms with Crippen LogP contribution in [0.4, 0.5) is 5.69 Å². The first-order valence-electron chi connectivity index (χ1n) is 4.38. The minimum atomic E-state index is 0.630. The Morgan fingerprint density at radius 1 is 1.47 bits per heavy atom. The molecule has 4 nitrogen and oxygen atoms in total. The van der Waals surface area contributed by atoms with E-state index in [1.54, 1.807) is 12.1 Å². The molecule has 0 saturated heterocycles. The zero-order valence-corrected chi connectivity index (χ0v) is 8.66. The third-order valence-corrected chi connectivity index (χ3v) is 2.42. The lowest BCUT2D eigenvalue weighted by Crippen LogP contribution is -1.99. The predicted octanol–water partition coefficient (Wildman–Crippen LogP) is 2.02. The van der Waals surface area contributed by atoms with Crippen molar-refractivity contribution in [1.82, 2.24) is 9.59 Å². The fourth-order valence-electron chi connectivity index (χ4n) is 1.15. The van der Waals surface area contributed by atoms with Crippen LogP contribution in [0.3, 0.4) is 0 Å². The zero-order chi connectivity index (χ0) is 10.5. The Bertz CT molecular complexity index is 472. The summed E-state index contributed by atoms with van der Waals surface area (Å²) in [6.45, 7) is 0.630. The Kier molecular flexibility index (Phi) is 2.90. The van der Waals surface area contributed by atoms with Crippen LogP contribution in [0.5, 0.6) is 0 Å². The van der Waals surface area contributed by atoms with Gasteiger partial charge in [0.15, 0.2) is 0 Å². The Hall–Kier alpha value is -1.93. The van der Waals surface area contributed by atoms with E-state index in [4.69, 9.17) is 5.26 Å². The lowest BCUT2D eigenvalue weighted by atomic mass is 10.2. The summed E-state index contributed by atoms with van der Waals surface area (Å²) in [5, 5.41) is 17.7. The van der Waals surface area contributed by atoms with Crippen LogP contribution in [0.25, 0.3) is 0 Å². The molecule has 2 aromatic rings. The molecule has 5 heteroatoms. The molecule has 0 unspecified atom stereocenters. The van der Waals surface area contributed by atoms with E-state index in [1.165, 1.54) is 11.5 Å². The molecule has 1 aromatic heterocycles. The molecule has 0 radical (unpaired) electrons. The highest BCUT2D eigenvalue weighted by Gasteiger charge is 1.97. The molecule has 0 aliphatic rings. The van der Waals surface area contributed by atoms with Gasteiger partial charge in [0.2, 0.25) is 0 Å². The molecular weight excluding hydrogens is 208 g/mol. The van der Waals surface area contributed by atoms with Gasteiger partial charge in [-0.05, 0) is 29.7 Å². The number of hydrogen-bond acceptors (Lipinski definition) is 5. The molecule has 0 aliphatic carbocycles. The van der Waals surface area contributed by atoms with Crippen LogP contribution >= 0.6 is 11.5 Å². The summed E-state index contributed by atoms with van der Waals surface area (Å²) in [7, 11) is 0. The summed E-state index contributed by atoms with van der Waals surface area (Å²) in [6, 6.07) is 9.44. The Balaban J connectivity index is 2.02. The van der Waals surface area contributed by atoms with E-state index in [1.807, 2.05) is 17.5 Å². The van der Waals surface area contributed by atoms with Gasteiger partial charge in [-0.3, -0.25) is 0 Å². The molecular formula is C10H8N4S. The Labute approximate surface area is 91.4 Å². The van der Waals surface area contributed by atoms with Crippen molar-refractivity contribution in [2.24, 2.45) is 0 Å². The quantitative estimate of drug-likeness (QED) is 0.852. The molecule has 0 spiro atoms. The topological polar surface area (TPSA) is 61.6 Å². The number of hydrogen-bond donors (Lipinski definition) is 1. The van der Waals surface area contributed by atoms with Gasteiger partial charge in [0, 0.05) is 11.1 Å². The highest BCUT2D eigenvalue weighted by molar-refractivity contribution is 7.03. The molecule has 0 aliphatic heterocycles. The van der Waals surface area contributed by atoms with Crippen molar-refractivity contribution in [3.63, 3.8) is 0 Å². The average Bonchev–Trinajstić information content (AvgIpc) is 2.79. The van der Waals surface area contributed by atoms with E-state index in [-0.39, 0.29) is 0 Å². The van der Waals surface area contributed by atoms with Crippen molar-refractivity contribution in [2.75, 3.05) is 5.32 Å². The van der Waals surface area contributed by atoms with E-state index in [2.05, 4.69) is 21.0 Å². The summed E-state index contributed by atoms with van der Waals surface area (Å²) >= 11 is 1.33. The van der Waals surface area contributed by atoms with Gasteiger partial charge in [-0.15, -0.1) is 5.10 Å². The predicted molar refractivity (Wildman–Crippen MR) is 58.4 cm³/mol. The number of nitrogens with zero attached hydrogens (tertiary/aromatic N) is 3. The SMILES string of the molecule is N#Cc1cccc(NCc2csnn2)c1. The first-order chi connectivity index (χ1) is 7.38. The van der Waals surface area contributed by atoms with Crippen molar-refractivity contribution in [1.29, 1.82) is 5.26 Å². The molecule has 0 atom stereocenters. The highest BCUT2D eigenvalue weighted by Crippen LogP contribution is 2.10. The van der Waals surface area contributed by atoms with Crippen LogP contribution < -0.4 is 5.32 Å². The van der Waals surface area contributed by atoms with E-state index in [0.717, 1.165) is 11.4 Å². The lowest BCUT2D eigenvalue weighted by Gasteiger charge is -2.03. The summed E-state index contributed by atoms with van der Waals surface area (Å²) in [4.78, 5) is 0. The van der Waals surface area contributed by atoms with Crippen molar-refractivity contribution >= 4 is 17.2 Å². The summed E-state index contributed by atoms with van der Waals surface area (Å²) in [6.07, 6.45) is 0. The zero-order valence-electron chi connectivity index (χ0n) is 7.84. The second-order valence-corrected chi connectivity index (χ2v) is 3.55. The van der Waals surface area contributed by atoms with Gasteiger partial charge >= 0.3 is 0 Å². The van der Waals surface area contributed by atoms with Gasteiger partial charge in [-0.2, -0.15) is 5.26 Å². The number of rotatable bonds is 3. The van der Waals surface area contributed by atoms with Crippen LogP contribution in [-0.4, -0.2) is 9.59 Å². The maximum Gasteiger partial charge on any atom is 0.0992 e. The summed E-state index contributed by atoms with van der Waals surface area (Å²) < 4.78 is 3.77. The van der Waals surface area contributed by atoms with Crippen molar-refractivity contribution in [3.8, 4) is 6.07 Å². The lowest BCUT2D eigenvalue weighted by molar-refractivity contribution is 0.999. The second kappa shape index (κ2) is 4.53. The van der Waals surface area contributed by atoms with Crippen LogP contribution in [0.15, 0.2) is 29.6 Å². The van der Waals surface area contributed by atoms with Crippen LogP contribution in [0.2, 0.25) is 0 Å². The molecule has 15 heavy (non-hydrogen) atoms. The smallest absolute Gasteiger partial charge is 0.0992 e. The van der Waals surface area contributed by atoms with Crippen LogP contribution in [0.1, 0.15) is 11.3 Å². The van der Waals surface area contributed by atoms with Crippen LogP contribution in [-0.2, 0) is 6.54 Å². The third kappa shape index (κ3) is 2.51. The number of benzene rings is 1. The number of aromatic nitrogens is 2. The van der Waals surface area contributed by atoms with Crippen molar-refractivity contribution < 1.29 is 0 Å². The van der Waals surface area contributed by atoms with Gasteiger partial charge in [0.1, 0.15) is 0 Å². The van der Waals surface area contributed by atoms with Crippen molar-refractivity contribution in [3.05, 3.63) is 40.9 Å². The molecule has 1 N–H and O–H groups in total. The van der Waals surface area contributed by atoms with Crippen LogP contribution in [0, 0.1) is 11.3 Å². The van der Waals surface area contributed by atoms with E-state index in [9.17, 15) is 0 Å². The largest absolute Gasteiger partial charge is 0.379 e. The van der Waals surface area contributed by atoms with Gasteiger partial charge in [-0.1, -0.05) is 10.6 Å². The van der Waals surface area contributed by atoms with Gasteiger partial charge in [-0.25, -0.2) is 0 Å². The maximum absolute atomic E-state index is 8.72. The average molecular weight is 216 g/mol. The van der Waals surface area contributed by atoms with E-state index in [0.29, 0.717) is 12.1 Å². The molecule has 1 heterocycles. The summed E-state index contributed by atoms with van der Waals surface area (Å²) in [5.74, 6) is 0. The number of anilines is 1. The molecule has 0 fully saturated rings. The Morgan fingerprint density at radius 2 is 2.40 bits per heavy atom. The number of nitrogens with one attached hydrogen (secondary N) is 1. The van der Waals surface area contributed by atoms with E-state index < -0.39 is 0 Å². The second-order valence-electron chi connectivity index (χ2n) is 2.94. The molecule has 2 rings (SSSR count). The van der Waals surface area contributed by atoms with Crippen molar-refractivity contribution in [2.45, 2.75) is 6.54 Å². The minimum absolute atomic E-state index is 0.630. The molecule has 0 bridgehead atoms. The molecule has 74 valence electrons. The first kappa shape index (κ1) is 9.62. The number of nitriles is 1. The van der Waals surface area contributed by atoms with Gasteiger partial charge in [0.25, 0.3) is 0 Å². The molecule has 0 saturated carbocycles. The monoisotopic (exact) mass is 216 g/mol. The molecule has 1 aromatic carbocycles. The van der Waals surface area contributed by atoms with Gasteiger partial charge < -0.3 is 5.32 Å².